The second-order valence-electron chi connectivity index (χ2n) is 11.4. The molecule has 0 unspecified atom stereocenters. The first-order chi connectivity index (χ1) is 24.2. The van der Waals surface area contributed by atoms with Crippen molar-refractivity contribution in [2.24, 2.45) is 0 Å². The van der Waals surface area contributed by atoms with Crippen molar-refractivity contribution in [1.29, 1.82) is 0 Å². The Hall–Kier alpha value is -5.63. The molecule has 0 bridgehead atoms. The Morgan fingerprint density at radius 2 is 1.38 bits per heavy atom. The highest BCUT2D eigenvalue weighted by Gasteiger charge is 2.48. The molecule has 1 N–H and O–H groups in total. The molecule has 12 nitrogen and oxygen atoms in total. The lowest BCUT2D eigenvalue weighted by Crippen LogP contribution is -2.47. The topological polar surface area (TPSA) is 140 Å². The average Bonchev–Trinajstić information content (AvgIpc) is 3.44. The van der Waals surface area contributed by atoms with Crippen LogP contribution >= 0.6 is 0 Å². The van der Waals surface area contributed by atoms with Crippen molar-refractivity contribution in [1.82, 2.24) is 14.3 Å². The molecule has 1 fully saturated rings. The van der Waals surface area contributed by atoms with Crippen molar-refractivity contribution in [3.63, 3.8) is 0 Å². The predicted molar refractivity (Wildman–Crippen MR) is 179 cm³/mol. The molecule has 5 aromatic rings. The molecule has 0 spiro atoms. The zero-order chi connectivity index (χ0) is 35.4. The third-order valence-electron chi connectivity index (χ3n) is 8.61. The lowest BCUT2D eigenvalue weighted by molar-refractivity contribution is -0.0978. The third-order valence-corrected chi connectivity index (χ3v) is 8.61. The van der Waals surface area contributed by atoms with E-state index >= 15 is 4.39 Å². The number of nitrogens with zero attached hydrogens (tertiary/aromatic N) is 3. The minimum Gasteiger partial charge on any atom is -0.497 e. The number of methoxy groups -OCH3 is 3. The highest BCUT2D eigenvalue weighted by atomic mass is 19.1. The summed E-state index contributed by atoms with van der Waals surface area (Å²) in [6.45, 7) is -0.362. The van der Waals surface area contributed by atoms with E-state index in [-0.39, 0.29) is 17.9 Å². The van der Waals surface area contributed by atoms with Gasteiger partial charge in [0.1, 0.15) is 41.3 Å². The van der Waals surface area contributed by atoms with E-state index in [0.29, 0.717) is 38.1 Å². The van der Waals surface area contributed by atoms with Crippen LogP contribution in [0.25, 0.3) is 0 Å². The highest BCUT2D eigenvalue weighted by molar-refractivity contribution is 5.98. The van der Waals surface area contributed by atoms with Gasteiger partial charge in [0.25, 0.3) is 11.5 Å². The normalized spacial score (nSPS) is 18.8. The zero-order valence-corrected chi connectivity index (χ0v) is 27.3. The number of halogens is 1. The molecular formula is C37H34FN3O9. The summed E-state index contributed by atoms with van der Waals surface area (Å²) >= 11 is 0. The minimum atomic E-state index is -2.19. The van der Waals surface area contributed by atoms with E-state index in [4.69, 9.17) is 23.7 Å². The maximum absolute atomic E-state index is 15.9. The molecule has 0 aliphatic carbocycles. The van der Waals surface area contributed by atoms with E-state index in [1.807, 2.05) is 54.6 Å². The van der Waals surface area contributed by atoms with Gasteiger partial charge in [0.2, 0.25) is 0 Å². The van der Waals surface area contributed by atoms with Gasteiger partial charge < -0.3 is 28.8 Å². The van der Waals surface area contributed by atoms with Crippen LogP contribution in [0.3, 0.4) is 0 Å². The minimum absolute atomic E-state index is 0.0725. The molecule has 2 heterocycles. The van der Waals surface area contributed by atoms with Gasteiger partial charge in [-0.15, -0.1) is 0 Å². The lowest BCUT2D eigenvalue weighted by atomic mass is 9.80. The third kappa shape index (κ3) is 6.17. The number of carbonyl (C=O) groups excluding carboxylic acids is 1. The fourth-order valence-corrected chi connectivity index (χ4v) is 6.04. The van der Waals surface area contributed by atoms with Gasteiger partial charge in [-0.05, 0) is 53.1 Å². The number of aliphatic hydroxyl groups excluding tert-OH is 1. The van der Waals surface area contributed by atoms with Crippen LogP contribution in [0.1, 0.15) is 33.3 Å². The van der Waals surface area contributed by atoms with Crippen LogP contribution < -0.4 is 25.5 Å². The summed E-state index contributed by atoms with van der Waals surface area (Å²) in [4.78, 5) is 39.6. The van der Waals surface area contributed by atoms with Crippen LogP contribution in [-0.2, 0) is 15.1 Å². The average molecular weight is 684 g/mol. The van der Waals surface area contributed by atoms with Crippen molar-refractivity contribution >= 4 is 5.91 Å². The number of rotatable bonds is 11. The van der Waals surface area contributed by atoms with E-state index in [1.54, 1.807) is 44.6 Å². The molecule has 258 valence electrons. The summed E-state index contributed by atoms with van der Waals surface area (Å²) in [6.07, 6.45) is -6.37. The number of para-hydroxylation sites is 1. The van der Waals surface area contributed by atoms with E-state index in [0.717, 1.165) is 5.56 Å². The summed E-state index contributed by atoms with van der Waals surface area (Å²) in [5.41, 5.74) is -1.58. The standard InChI is InChI=1S/C37H34FN3O9/c1-46-26-17-13-24(14-18-26)37(23-9-5-4-6-10-23,25-15-19-27(47-2)20-16-25)49-22-30-33(43)32(38)35(50-30)41-36(45)40(31(42)21-39-41)34(44)28-11-7-8-12-29(28)48-3/h4-21,30,32-33,35,43H,22H2,1-3H3/t30-,32+,33-,35-/m1/s1. The molecule has 0 saturated carbocycles. The van der Waals surface area contributed by atoms with Crippen molar-refractivity contribution < 1.29 is 38.0 Å². The second-order valence-corrected chi connectivity index (χ2v) is 11.4. The Morgan fingerprint density at radius 1 is 0.820 bits per heavy atom. The second kappa shape index (κ2) is 14.5. The lowest BCUT2D eigenvalue weighted by Gasteiger charge is -2.37. The van der Waals surface area contributed by atoms with Crippen molar-refractivity contribution in [2.75, 3.05) is 27.9 Å². The Bertz CT molecular complexity index is 2020. The molecular weight excluding hydrogens is 649 g/mol. The predicted octanol–water partition coefficient (Wildman–Crippen LogP) is 3.72. The number of hydrogen-bond donors (Lipinski definition) is 1. The number of hydrogen-bond acceptors (Lipinski definition) is 10. The van der Waals surface area contributed by atoms with E-state index in [1.165, 1.54) is 25.3 Å². The highest BCUT2D eigenvalue weighted by Crippen LogP contribution is 2.43. The van der Waals surface area contributed by atoms with Gasteiger partial charge in [-0.25, -0.2) is 9.18 Å². The Labute approximate surface area is 285 Å². The summed E-state index contributed by atoms with van der Waals surface area (Å²) in [5, 5.41) is 14.9. The van der Waals surface area contributed by atoms with E-state index < -0.39 is 47.4 Å². The summed E-state index contributed by atoms with van der Waals surface area (Å²) in [7, 11) is 4.45. The Kier molecular flexibility index (Phi) is 9.90. The molecule has 0 radical (unpaired) electrons. The SMILES string of the molecule is COc1ccc(C(OC[C@H]2O[C@@H](n3ncc(=O)n(C(=O)c4ccccc4OC)c3=O)[C@@H](F)[C@@H]2O)(c2ccccc2)c2ccc(OC)cc2)cc1. The fourth-order valence-electron chi connectivity index (χ4n) is 6.04. The first kappa shape index (κ1) is 34.2. The molecule has 0 amide bonds. The van der Waals surface area contributed by atoms with Crippen LogP contribution in [-0.4, -0.2) is 71.7 Å². The number of benzene rings is 4. The summed E-state index contributed by atoms with van der Waals surface area (Å²) in [5.74, 6) is 0.350. The van der Waals surface area contributed by atoms with Gasteiger partial charge in [-0.1, -0.05) is 66.7 Å². The smallest absolute Gasteiger partial charge is 0.357 e. The van der Waals surface area contributed by atoms with E-state index in [9.17, 15) is 19.5 Å². The van der Waals surface area contributed by atoms with Crippen molar-refractivity contribution in [2.45, 2.75) is 30.2 Å². The number of carbonyl (C=O) groups is 1. The van der Waals surface area contributed by atoms with Crippen molar-refractivity contribution in [3.05, 3.63) is 152 Å². The summed E-state index contributed by atoms with van der Waals surface area (Å²) in [6, 6.07) is 29.9. The van der Waals surface area contributed by atoms with Crippen LogP contribution in [0.5, 0.6) is 17.2 Å². The molecule has 1 aromatic heterocycles. The number of ether oxygens (including phenoxy) is 5. The fraction of sp³-hybridized carbons (Fsp3) is 0.243. The molecule has 13 heteroatoms. The number of aliphatic hydroxyl groups is 1. The van der Waals surface area contributed by atoms with Crippen LogP contribution in [0.2, 0.25) is 0 Å². The first-order valence-corrected chi connectivity index (χ1v) is 15.6. The van der Waals surface area contributed by atoms with Crippen LogP contribution in [0, 0.1) is 0 Å². The van der Waals surface area contributed by atoms with Crippen LogP contribution in [0.15, 0.2) is 119 Å². The zero-order valence-electron chi connectivity index (χ0n) is 27.3. The van der Waals surface area contributed by atoms with Gasteiger partial charge >= 0.3 is 5.69 Å². The van der Waals surface area contributed by atoms with Crippen LogP contribution in [0.4, 0.5) is 4.39 Å². The maximum atomic E-state index is 15.9. The Balaban J connectivity index is 1.37. The van der Waals surface area contributed by atoms with Gasteiger partial charge in [-0.2, -0.15) is 14.3 Å². The molecule has 50 heavy (non-hydrogen) atoms. The molecule has 1 saturated heterocycles. The van der Waals surface area contributed by atoms with Crippen molar-refractivity contribution in [3.8, 4) is 17.2 Å². The number of aromatic nitrogens is 3. The van der Waals surface area contributed by atoms with E-state index in [2.05, 4.69) is 5.10 Å². The monoisotopic (exact) mass is 683 g/mol. The van der Waals surface area contributed by atoms with Gasteiger partial charge in [0, 0.05) is 0 Å². The summed E-state index contributed by atoms with van der Waals surface area (Å²) < 4.78 is 45.4. The molecule has 1 aliphatic rings. The van der Waals surface area contributed by atoms with Gasteiger partial charge in [0.15, 0.2) is 12.4 Å². The number of alkyl halides is 1. The molecule has 6 rings (SSSR count). The van der Waals surface area contributed by atoms with Gasteiger partial charge in [0.05, 0.1) is 33.5 Å². The molecule has 4 aromatic carbocycles. The largest absolute Gasteiger partial charge is 0.497 e. The molecule has 4 atom stereocenters. The molecule has 1 aliphatic heterocycles. The Morgan fingerprint density at radius 3 is 1.96 bits per heavy atom. The quantitative estimate of drug-likeness (QED) is 0.205. The maximum Gasteiger partial charge on any atom is 0.357 e. The first-order valence-electron chi connectivity index (χ1n) is 15.6. The van der Waals surface area contributed by atoms with Gasteiger partial charge in [-0.3, -0.25) is 9.59 Å².